The molecule has 0 radical (unpaired) electrons. The van der Waals surface area contributed by atoms with Crippen LogP contribution in [0.15, 0.2) is 60.7 Å². The Hall–Kier alpha value is -0.960. The summed E-state index contributed by atoms with van der Waals surface area (Å²) in [7, 11) is 2.08. The fraction of sp³-hybridized carbons (Fsp3) is 0.440. The first-order valence-electron chi connectivity index (χ1n) is 10.4. The van der Waals surface area contributed by atoms with Crippen molar-refractivity contribution < 1.29 is 0 Å². The molecular formula is C25H32P2. The zero-order chi connectivity index (χ0) is 19.0. The Kier molecular flexibility index (Phi) is 5.87. The third kappa shape index (κ3) is 3.95. The van der Waals surface area contributed by atoms with E-state index in [1.807, 2.05) is 0 Å². The van der Waals surface area contributed by atoms with E-state index < -0.39 is 0 Å². The van der Waals surface area contributed by atoms with Crippen molar-refractivity contribution in [2.45, 2.75) is 56.8 Å². The van der Waals surface area contributed by atoms with Gasteiger partial charge in [0.25, 0.3) is 0 Å². The molecule has 0 saturated heterocycles. The highest BCUT2D eigenvalue weighted by atomic mass is 31.1. The summed E-state index contributed by atoms with van der Waals surface area (Å²) in [5.74, 6) is 1.67. The molecule has 27 heavy (non-hydrogen) atoms. The van der Waals surface area contributed by atoms with Crippen molar-refractivity contribution in [2.24, 2.45) is 11.8 Å². The second-order valence-corrected chi connectivity index (χ2v) is 12.2. The first-order chi connectivity index (χ1) is 13.0. The van der Waals surface area contributed by atoms with Gasteiger partial charge in [0.1, 0.15) is 0 Å². The normalized spacial score (nSPS) is 29.3. The molecule has 0 N–H and O–H groups in total. The van der Waals surface area contributed by atoms with Crippen molar-refractivity contribution in [1.82, 2.24) is 0 Å². The summed E-state index contributed by atoms with van der Waals surface area (Å²) in [6, 6.07) is 18.0. The highest BCUT2D eigenvalue weighted by Gasteiger charge is 2.45. The zero-order valence-electron chi connectivity index (χ0n) is 16.9. The molecule has 2 aromatic rings. The van der Waals surface area contributed by atoms with E-state index in [9.17, 15) is 0 Å². The van der Waals surface area contributed by atoms with Gasteiger partial charge in [0, 0.05) is 0 Å². The average Bonchev–Trinajstić information content (AvgIpc) is 3.25. The summed E-state index contributed by atoms with van der Waals surface area (Å²) in [5.41, 5.74) is 9.20. The lowest BCUT2D eigenvalue weighted by atomic mass is 10.1. The maximum atomic E-state index is 2.55. The molecule has 8 atom stereocenters. The Labute approximate surface area is 168 Å². The summed E-state index contributed by atoms with van der Waals surface area (Å²) in [5, 5.41) is 0. The molecule has 2 bridgehead atoms. The third-order valence-corrected chi connectivity index (χ3v) is 11.0. The standard InChI is InChI=1S/C25H32P2/c1-16-9-5-7-11-22(16)18(3)26-24-20-13-14-21(15-20)25(24)27-19(4)23-12-8-6-10-17(23)2/h5-14,18-21,24-27H,15H2,1-4H3. The Morgan fingerprint density at radius 2 is 1.11 bits per heavy atom. The summed E-state index contributed by atoms with van der Waals surface area (Å²) >= 11 is 0. The van der Waals surface area contributed by atoms with Crippen molar-refractivity contribution in [2.75, 3.05) is 0 Å². The molecule has 1 saturated carbocycles. The Bertz CT molecular complexity index is 757. The van der Waals surface area contributed by atoms with Gasteiger partial charge in [0.05, 0.1) is 0 Å². The predicted molar refractivity (Wildman–Crippen MR) is 124 cm³/mol. The number of fused-ring (bicyclic) bond motifs is 2. The minimum atomic E-state index is 0.685. The minimum Gasteiger partial charge on any atom is -0.110 e. The Balaban J connectivity index is 1.51. The molecule has 0 heterocycles. The van der Waals surface area contributed by atoms with Crippen LogP contribution in [0.3, 0.4) is 0 Å². The van der Waals surface area contributed by atoms with Gasteiger partial charge in [0.2, 0.25) is 0 Å². The maximum absolute atomic E-state index is 2.55. The van der Waals surface area contributed by atoms with Crippen LogP contribution in [0.5, 0.6) is 0 Å². The lowest BCUT2D eigenvalue weighted by molar-refractivity contribution is 0.694. The molecule has 142 valence electrons. The van der Waals surface area contributed by atoms with Crippen molar-refractivity contribution in [3.63, 3.8) is 0 Å². The molecule has 0 spiro atoms. The largest absolute Gasteiger partial charge is 0.110 e. The van der Waals surface area contributed by atoms with E-state index in [0.717, 1.165) is 40.3 Å². The van der Waals surface area contributed by atoms with E-state index in [1.165, 1.54) is 17.5 Å². The van der Waals surface area contributed by atoms with Gasteiger partial charge in [-0.05, 0) is 77.0 Å². The first kappa shape index (κ1) is 19.4. The van der Waals surface area contributed by atoms with Gasteiger partial charge < -0.3 is 0 Å². The van der Waals surface area contributed by atoms with Crippen LogP contribution >= 0.6 is 17.2 Å². The smallest absolute Gasteiger partial charge is 0.000867 e. The van der Waals surface area contributed by atoms with Crippen LogP contribution in [0.1, 0.15) is 53.8 Å². The first-order valence-corrected chi connectivity index (χ1v) is 12.7. The average molecular weight is 394 g/mol. The number of allylic oxidation sites excluding steroid dienone is 2. The van der Waals surface area contributed by atoms with Crippen molar-refractivity contribution in [3.05, 3.63) is 82.9 Å². The van der Waals surface area contributed by atoms with Gasteiger partial charge in [-0.1, -0.05) is 74.5 Å². The van der Waals surface area contributed by atoms with Crippen LogP contribution in [0.25, 0.3) is 0 Å². The van der Waals surface area contributed by atoms with E-state index >= 15 is 0 Å². The van der Waals surface area contributed by atoms with Gasteiger partial charge in [-0.2, -0.15) is 0 Å². The van der Waals surface area contributed by atoms with Gasteiger partial charge in [-0.15, -0.1) is 17.2 Å². The van der Waals surface area contributed by atoms with E-state index in [0.29, 0.717) is 11.3 Å². The van der Waals surface area contributed by atoms with E-state index in [1.54, 1.807) is 11.1 Å². The predicted octanol–water partition coefficient (Wildman–Crippen LogP) is 7.43. The molecule has 4 rings (SSSR count). The summed E-state index contributed by atoms with van der Waals surface area (Å²) in [6.45, 7) is 9.47. The molecule has 0 aromatic heterocycles. The molecule has 8 unspecified atom stereocenters. The molecular weight excluding hydrogens is 362 g/mol. The maximum Gasteiger partial charge on any atom is -0.000867 e. The number of hydrogen-bond acceptors (Lipinski definition) is 0. The van der Waals surface area contributed by atoms with Gasteiger partial charge in [-0.3, -0.25) is 0 Å². The lowest BCUT2D eigenvalue weighted by Crippen LogP contribution is -2.24. The number of hydrogen-bond donors (Lipinski definition) is 0. The molecule has 2 aliphatic carbocycles. The van der Waals surface area contributed by atoms with Crippen LogP contribution in [0.4, 0.5) is 0 Å². The van der Waals surface area contributed by atoms with Crippen LogP contribution in [0, 0.1) is 25.7 Å². The van der Waals surface area contributed by atoms with Crippen molar-refractivity contribution >= 4 is 17.2 Å². The lowest BCUT2D eigenvalue weighted by Gasteiger charge is -2.33. The van der Waals surface area contributed by atoms with E-state index in [2.05, 4.69) is 88.4 Å². The third-order valence-electron chi connectivity index (χ3n) is 6.65. The van der Waals surface area contributed by atoms with Gasteiger partial charge in [0.15, 0.2) is 0 Å². The SMILES string of the molecule is Cc1ccccc1C(C)PC1C2C=CC(C2)C1PC(C)c1ccccc1C. The number of aryl methyl sites for hydroxylation is 2. The molecule has 1 fully saturated rings. The fourth-order valence-corrected chi connectivity index (χ4v) is 9.82. The minimum absolute atomic E-state index is 0.685. The molecule has 2 aliphatic rings. The van der Waals surface area contributed by atoms with Crippen molar-refractivity contribution in [3.8, 4) is 0 Å². The quantitative estimate of drug-likeness (QED) is 0.353. The van der Waals surface area contributed by atoms with Gasteiger partial charge in [-0.25, -0.2) is 0 Å². The fourth-order valence-electron chi connectivity index (χ4n) is 5.18. The van der Waals surface area contributed by atoms with E-state index in [4.69, 9.17) is 0 Å². The van der Waals surface area contributed by atoms with E-state index in [-0.39, 0.29) is 0 Å². The van der Waals surface area contributed by atoms with Crippen LogP contribution < -0.4 is 0 Å². The second kappa shape index (κ2) is 8.19. The van der Waals surface area contributed by atoms with Crippen LogP contribution in [0.2, 0.25) is 0 Å². The molecule has 0 amide bonds. The molecule has 2 aromatic carbocycles. The van der Waals surface area contributed by atoms with Crippen LogP contribution in [-0.4, -0.2) is 11.3 Å². The monoisotopic (exact) mass is 394 g/mol. The zero-order valence-corrected chi connectivity index (χ0v) is 18.9. The summed E-state index contributed by atoms with van der Waals surface area (Å²) in [4.78, 5) is 0. The molecule has 0 nitrogen and oxygen atoms in total. The highest BCUT2D eigenvalue weighted by Crippen LogP contribution is 2.60. The topological polar surface area (TPSA) is 0 Å². The number of benzene rings is 2. The number of rotatable bonds is 6. The molecule has 0 aliphatic heterocycles. The second-order valence-electron chi connectivity index (χ2n) is 8.49. The van der Waals surface area contributed by atoms with Crippen molar-refractivity contribution in [1.29, 1.82) is 0 Å². The highest BCUT2D eigenvalue weighted by molar-refractivity contribution is 7.44. The molecule has 2 heteroatoms. The summed E-state index contributed by atoms with van der Waals surface area (Å²) < 4.78 is 0. The van der Waals surface area contributed by atoms with Crippen LogP contribution in [-0.2, 0) is 0 Å². The van der Waals surface area contributed by atoms with Gasteiger partial charge >= 0.3 is 0 Å². The Morgan fingerprint density at radius 1 is 0.704 bits per heavy atom. The summed E-state index contributed by atoms with van der Waals surface area (Å²) in [6.07, 6.45) is 6.51. The Morgan fingerprint density at radius 3 is 1.52 bits per heavy atom.